The standard InChI is InChI=1S/C15H14BrN3O2S/c1-2-21-12-6-3-10(4-7-12)14(20)19-15(22)18-13-8-5-11(16)9-17-13/h3-9H,2H2,1H3,(H2,17,18,19,20,22). The summed E-state index contributed by atoms with van der Waals surface area (Å²) in [5, 5.41) is 5.63. The van der Waals surface area contributed by atoms with Crippen molar-refractivity contribution in [2.24, 2.45) is 0 Å². The summed E-state index contributed by atoms with van der Waals surface area (Å²) in [6, 6.07) is 10.4. The second kappa shape index (κ2) is 7.86. The van der Waals surface area contributed by atoms with Gasteiger partial charge in [-0.2, -0.15) is 0 Å². The smallest absolute Gasteiger partial charge is 0.257 e. The van der Waals surface area contributed by atoms with Crippen LogP contribution in [0.3, 0.4) is 0 Å². The van der Waals surface area contributed by atoms with Gasteiger partial charge in [-0.05, 0) is 71.5 Å². The summed E-state index contributed by atoms with van der Waals surface area (Å²) >= 11 is 8.39. The number of aromatic nitrogens is 1. The second-order valence-corrected chi connectivity index (χ2v) is 5.55. The molecule has 0 radical (unpaired) electrons. The van der Waals surface area contributed by atoms with Crippen LogP contribution in [-0.2, 0) is 0 Å². The first-order valence-electron chi connectivity index (χ1n) is 6.55. The molecule has 22 heavy (non-hydrogen) atoms. The lowest BCUT2D eigenvalue weighted by Crippen LogP contribution is -2.34. The highest BCUT2D eigenvalue weighted by Gasteiger charge is 2.08. The van der Waals surface area contributed by atoms with Crippen molar-refractivity contribution in [3.8, 4) is 5.75 Å². The van der Waals surface area contributed by atoms with E-state index in [1.807, 2.05) is 13.0 Å². The molecular formula is C15H14BrN3O2S. The highest BCUT2D eigenvalue weighted by molar-refractivity contribution is 9.10. The Labute approximate surface area is 142 Å². The quantitative estimate of drug-likeness (QED) is 0.797. The number of amides is 1. The van der Waals surface area contributed by atoms with Gasteiger partial charge in [0.05, 0.1) is 6.61 Å². The molecule has 5 nitrogen and oxygen atoms in total. The summed E-state index contributed by atoms with van der Waals surface area (Å²) in [6.45, 7) is 2.49. The molecule has 0 aliphatic heterocycles. The van der Waals surface area contributed by atoms with Gasteiger partial charge in [-0.3, -0.25) is 10.1 Å². The Morgan fingerprint density at radius 2 is 2.00 bits per heavy atom. The van der Waals surface area contributed by atoms with Crippen molar-refractivity contribution in [2.75, 3.05) is 11.9 Å². The molecule has 0 saturated carbocycles. The van der Waals surface area contributed by atoms with Gasteiger partial charge < -0.3 is 10.1 Å². The van der Waals surface area contributed by atoms with Gasteiger partial charge in [0.2, 0.25) is 0 Å². The topological polar surface area (TPSA) is 63.2 Å². The zero-order valence-corrected chi connectivity index (χ0v) is 14.2. The van der Waals surface area contributed by atoms with E-state index in [-0.39, 0.29) is 11.0 Å². The number of rotatable bonds is 4. The molecule has 2 aromatic rings. The fraction of sp³-hybridized carbons (Fsp3) is 0.133. The van der Waals surface area contributed by atoms with E-state index in [2.05, 4.69) is 31.5 Å². The Kier molecular flexibility index (Phi) is 5.85. The molecule has 7 heteroatoms. The molecule has 0 saturated heterocycles. The maximum atomic E-state index is 12.1. The Bertz CT molecular complexity index is 659. The fourth-order valence-corrected chi connectivity index (χ4v) is 2.07. The van der Waals surface area contributed by atoms with Crippen molar-refractivity contribution in [1.82, 2.24) is 10.3 Å². The van der Waals surface area contributed by atoms with Gasteiger partial charge in [0.1, 0.15) is 11.6 Å². The third-order valence-corrected chi connectivity index (χ3v) is 3.30. The van der Waals surface area contributed by atoms with Crippen molar-refractivity contribution >= 4 is 45.0 Å². The zero-order valence-electron chi connectivity index (χ0n) is 11.8. The van der Waals surface area contributed by atoms with Crippen molar-refractivity contribution in [1.29, 1.82) is 0 Å². The molecule has 2 N–H and O–H groups in total. The number of ether oxygens (including phenoxy) is 1. The van der Waals surface area contributed by atoms with Crippen LogP contribution in [0.1, 0.15) is 17.3 Å². The van der Waals surface area contributed by atoms with Gasteiger partial charge in [-0.15, -0.1) is 0 Å². The molecule has 0 aliphatic carbocycles. The van der Waals surface area contributed by atoms with Crippen LogP contribution in [0.4, 0.5) is 5.82 Å². The molecule has 0 spiro atoms. The molecule has 114 valence electrons. The molecule has 0 fully saturated rings. The van der Waals surface area contributed by atoms with E-state index >= 15 is 0 Å². The minimum absolute atomic E-state index is 0.189. The lowest BCUT2D eigenvalue weighted by atomic mass is 10.2. The Hall–Kier alpha value is -1.99. The molecule has 2 rings (SSSR count). The number of pyridine rings is 1. The first kappa shape index (κ1) is 16.4. The number of carbonyl (C=O) groups excluding carboxylic acids is 1. The van der Waals surface area contributed by atoms with Crippen LogP contribution in [-0.4, -0.2) is 22.6 Å². The average molecular weight is 380 g/mol. The van der Waals surface area contributed by atoms with Gasteiger partial charge in [-0.25, -0.2) is 4.98 Å². The lowest BCUT2D eigenvalue weighted by Gasteiger charge is -2.09. The van der Waals surface area contributed by atoms with Crippen molar-refractivity contribution < 1.29 is 9.53 Å². The molecule has 0 atom stereocenters. The minimum Gasteiger partial charge on any atom is -0.494 e. The van der Waals surface area contributed by atoms with E-state index in [4.69, 9.17) is 17.0 Å². The van der Waals surface area contributed by atoms with E-state index in [9.17, 15) is 4.79 Å². The van der Waals surface area contributed by atoms with Gasteiger partial charge in [0.15, 0.2) is 5.11 Å². The fourth-order valence-electron chi connectivity index (χ4n) is 1.64. The molecule has 0 unspecified atom stereocenters. The normalized spacial score (nSPS) is 9.91. The summed E-state index contributed by atoms with van der Waals surface area (Å²) in [6.07, 6.45) is 1.64. The Morgan fingerprint density at radius 1 is 1.27 bits per heavy atom. The predicted octanol–water partition coefficient (Wildman–Crippen LogP) is 3.37. The van der Waals surface area contributed by atoms with Crippen LogP contribution < -0.4 is 15.4 Å². The minimum atomic E-state index is -0.294. The van der Waals surface area contributed by atoms with Crippen molar-refractivity contribution in [2.45, 2.75) is 6.92 Å². The van der Waals surface area contributed by atoms with Gasteiger partial charge >= 0.3 is 0 Å². The molecule has 1 amide bonds. The van der Waals surface area contributed by atoms with Crippen LogP contribution in [0.15, 0.2) is 47.1 Å². The Balaban J connectivity index is 1.93. The third-order valence-electron chi connectivity index (χ3n) is 2.62. The number of carbonyl (C=O) groups is 1. The zero-order chi connectivity index (χ0) is 15.9. The van der Waals surface area contributed by atoms with Crippen LogP contribution in [0.25, 0.3) is 0 Å². The largest absolute Gasteiger partial charge is 0.494 e. The summed E-state index contributed by atoms with van der Waals surface area (Å²) in [7, 11) is 0. The van der Waals surface area contributed by atoms with Crippen molar-refractivity contribution in [3.63, 3.8) is 0 Å². The van der Waals surface area contributed by atoms with E-state index in [0.29, 0.717) is 18.0 Å². The summed E-state index contributed by atoms with van der Waals surface area (Å²) in [5.41, 5.74) is 0.497. The number of halogens is 1. The highest BCUT2D eigenvalue weighted by atomic mass is 79.9. The average Bonchev–Trinajstić information content (AvgIpc) is 2.50. The van der Waals surface area contributed by atoms with Crippen LogP contribution in [0.5, 0.6) is 5.75 Å². The second-order valence-electron chi connectivity index (χ2n) is 4.23. The van der Waals surface area contributed by atoms with Gasteiger partial charge in [0.25, 0.3) is 5.91 Å². The molecule has 1 heterocycles. The lowest BCUT2D eigenvalue weighted by molar-refractivity contribution is 0.0977. The van der Waals surface area contributed by atoms with E-state index < -0.39 is 0 Å². The van der Waals surface area contributed by atoms with Crippen LogP contribution in [0.2, 0.25) is 0 Å². The van der Waals surface area contributed by atoms with Crippen molar-refractivity contribution in [3.05, 3.63) is 52.6 Å². The molecule has 1 aromatic carbocycles. The van der Waals surface area contributed by atoms with Gasteiger partial charge in [-0.1, -0.05) is 0 Å². The van der Waals surface area contributed by atoms with E-state index in [0.717, 1.165) is 10.2 Å². The number of nitrogens with one attached hydrogen (secondary N) is 2. The number of benzene rings is 1. The third kappa shape index (κ3) is 4.78. The molecule has 1 aromatic heterocycles. The number of anilines is 1. The number of nitrogens with zero attached hydrogens (tertiary/aromatic N) is 1. The molecular weight excluding hydrogens is 366 g/mol. The van der Waals surface area contributed by atoms with Crippen LogP contribution >= 0.6 is 28.1 Å². The van der Waals surface area contributed by atoms with Crippen LogP contribution in [0, 0.1) is 0 Å². The summed E-state index contributed by atoms with van der Waals surface area (Å²) in [4.78, 5) is 16.2. The molecule has 0 bridgehead atoms. The van der Waals surface area contributed by atoms with Gasteiger partial charge in [0, 0.05) is 16.2 Å². The van der Waals surface area contributed by atoms with E-state index in [1.165, 1.54) is 0 Å². The monoisotopic (exact) mass is 379 g/mol. The number of thiocarbonyl (C=S) groups is 1. The predicted molar refractivity (Wildman–Crippen MR) is 93.2 cm³/mol. The SMILES string of the molecule is CCOc1ccc(C(=O)NC(=S)Nc2ccc(Br)cn2)cc1. The summed E-state index contributed by atoms with van der Waals surface area (Å²) in [5.74, 6) is 0.983. The highest BCUT2D eigenvalue weighted by Crippen LogP contribution is 2.12. The summed E-state index contributed by atoms with van der Waals surface area (Å²) < 4.78 is 6.19. The Morgan fingerprint density at radius 3 is 2.59 bits per heavy atom. The number of hydrogen-bond donors (Lipinski definition) is 2. The maximum Gasteiger partial charge on any atom is 0.257 e. The first-order chi connectivity index (χ1) is 10.6. The first-order valence-corrected chi connectivity index (χ1v) is 7.75. The van der Waals surface area contributed by atoms with E-state index in [1.54, 1.807) is 36.5 Å². The number of hydrogen-bond acceptors (Lipinski definition) is 4. The molecule has 0 aliphatic rings. The maximum absolute atomic E-state index is 12.1.